The van der Waals surface area contributed by atoms with E-state index >= 15 is 0 Å². The van der Waals surface area contributed by atoms with Crippen molar-refractivity contribution >= 4 is 28.8 Å². The number of nitrogens with one attached hydrogen (secondary N) is 1. The molecule has 0 bridgehead atoms. The van der Waals surface area contributed by atoms with Crippen molar-refractivity contribution < 1.29 is 22.4 Å². The van der Waals surface area contributed by atoms with Crippen LogP contribution in [0.1, 0.15) is 21.7 Å². The Morgan fingerprint density at radius 3 is 2.64 bits per heavy atom. The lowest BCUT2D eigenvalue weighted by Gasteiger charge is -2.14. The zero-order valence-electron chi connectivity index (χ0n) is 12.7. The van der Waals surface area contributed by atoms with E-state index in [1.54, 1.807) is 0 Å². The Morgan fingerprint density at radius 2 is 1.96 bits per heavy atom. The number of nitrogens with zero attached hydrogens (tertiary/aromatic N) is 2. The molecule has 2 aromatic heterocycles. The van der Waals surface area contributed by atoms with E-state index in [-0.39, 0.29) is 16.4 Å². The number of hydrogen-bond donors (Lipinski definition) is 1. The van der Waals surface area contributed by atoms with Crippen LogP contribution in [-0.2, 0) is 6.18 Å². The molecule has 1 N–H and O–H groups in total. The zero-order valence-corrected chi connectivity index (χ0v) is 13.4. The van der Waals surface area contributed by atoms with E-state index in [4.69, 9.17) is 11.6 Å². The van der Waals surface area contributed by atoms with Crippen LogP contribution in [0.25, 0.3) is 5.65 Å². The summed E-state index contributed by atoms with van der Waals surface area (Å²) in [4.78, 5) is 16.6. The average molecular weight is 372 g/mol. The van der Waals surface area contributed by atoms with E-state index in [0.29, 0.717) is 5.65 Å². The number of aromatic nitrogens is 2. The molecule has 0 saturated heterocycles. The van der Waals surface area contributed by atoms with Gasteiger partial charge in [0.15, 0.2) is 0 Å². The van der Waals surface area contributed by atoms with Gasteiger partial charge in [-0.1, -0.05) is 11.6 Å². The first-order valence-electron chi connectivity index (χ1n) is 6.99. The Balaban J connectivity index is 2.05. The number of rotatable bonds is 2. The molecule has 0 aliphatic rings. The van der Waals surface area contributed by atoms with E-state index < -0.39 is 29.2 Å². The Kier molecular flexibility index (Phi) is 4.16. The number of pyridine rings is 1. The predicted molar refractivity (Wildman–Crippen MR) is 84.3 cm³/mol. The maximum absolute atomic E-state index is 13.4. The summed E-state index contributed by atoms with van der Waals surface area (Å²) in [7, 11) is 0. The largest absolute Gasteiger partial charge is 0.418 e. The van der Waals surface area contributed by atoms with Gasteiger partial charge >= 0.3 is 6.18 Å². The maximum Gasteiger partial charge on any atom is 0.418 e. The minimum absolute atomic E-state index is 0.0578. The van der Waals surface area contributed by atoms with Crippen molar-refractivity contribution in [2.24, 2.45) is 0 Å². The quantitative estimate of drug-likeness (QED) is 0.663. The van der Waals surface area contributed by atoms with Gasteiger partial charge in [-0.2, -0.15) is 13.2 Å². The molecular formula is C16H10ClF4N3O. The lowest BCUT2D eigenvalue weighted by molar-refractivity contribution is -0.136. The number of fused-ring (bicyclic) bond motifs is 1. The highest BCUT2D eigenvalue weighted by atomic mass is 35.5. The monoisotopic (exact) mass is 371 g/mol. The number of aryl methyl sites for hydroxylation is 1. The van der Waals surface area contributed by atoms with Gasteiger partial charge in [-0.15, -0.1) is 0 Å². The van der Waals surface area contributed by atoms with Crippen molar-refractivity contribution in [3.63, 3.8) is 0 Å². The minimum Gasteiger partial charge on any atom is -0.320 e. The molecule has 0 unspecified atom stereocenters. The molecule has 2 heterocycles. The smallest absolute Gasteiger partial charge is 0.320 e. The number of halogens is 5. The van der Waals surface area contributed by atoms with E-state index in [9.17, 15) is 22.4 Å². The van der Waals surface area contributed by atoms with Gasteiger partial charge in [0, 0.05) is 11.2 Å². The molecular weight excluding hydrogens is 362 g/mol. The van der Waals surface area contributed by atoms with Gasteiger partial charge in [-0.25, -0.2) is 9.37 Å². The Labute approximate surface area is 144 Å². The summed E-state index contributed by atoms with van der Waals surface area (Å²) < 4.78 is 54.0. The summed E-state index contributed by atoms with van der Waals surface area (Å²) in [6, 6.07) is 5.54. The van der Waals surface area contributed by atoms with Crippen LogP contribution in [0.4, 0.5) is 23.2 Å². The Bertz CT molecular complexity index is 981. The van der Waals surface area contributed by atoms with E-state index in [1.807, 2.05) is 0 Å². The first-order chi connectivity index (χ1) is 11.7. The van der Waals surface area contributed by atoms with Crippen molar-refractivity contribution in [2.45, 2.75) is 13.1 Å². The molecule has 3 rings (SSSR count). The molecule has 0 aliphatic carbocycles. The van der Waals surface area contributed by atoms with Crippen LogP contribution in [-0.4, -0.2) is 15.3 Å². The van der Waals surface area contributed by atoms with Crippen LogP contribution >= 0.6 is 11.6 Å². The molecule has 0 spiro atoms. The lowest BCUT2D eigenvalue weighted by atomic mass is 10.1. The van der Waals surface area contributed by atoms with Gasteiger partial charge in [0.1, 0.15) is 17.2 Å². The second kappa shape index (κ2) is 6.03. The Morgan fingerprint density at radius 1 is 1.24 bits per heavy atom. The second-order valence-electron chi connectivity index (χ2n) is 5.26. The minimum atomic E-state index is -4.70. The standard InChI is InChI=1S/C16H10ClF4N3O/c1-8-14(24-7-10(18)3-5-13(24)22-8)15(25)23-12-4-2-9(17)6-11(12)16(19,20)21/h2-7H,1H3,(H,23,25). The molecule has 4 nitrogen and oxygen atoms in total. The highest BCUT2D eigenvalue weighted by molar-refractivity contribution is 6.30. The Hall–Kier alpha value is -2.61. The number of hydrogen-bond acceptors (Lipinski definition) is 2. The van der Waals surface area contributed by atoms with Gasteiger partial charge in [0.05, 0.1) is 16.9 Å². The van der Waals surface area contributed by atoms with Crippen molar-refractivity contribution in [3.05, 3.63) is 64.3 Å². The third kappa shape index (κ3) is 3.30. The normalized spacial score (nSPS) is 11.8. The molecule has 0 saturated carbocycles. The predicted octanol–water partition coefficient (Wildman–Crippen LogP) is 4.71. The topological polar surface area (TPSA) is 46.4 Å². The summed E-state index contributed by atoms with van der Waals surface area (Å²) in [5, 5.41) is 2.09. The van der Waals surface area contributed by atoms with Crippen LogP contribution < -0.4 is 5.32 Å². The fourth-order valence-corrected chi connectivity index (χ4v) is 2.62. The zero-order chi connectivity index (χ0) is 18.4. The number of benzene rings is 1. The van der Waals surface area contributed by atoms with Crippen LogP contribution in [0.15, 0.2) is 36.5 Å². The summed E-state index contributed by atoms with van der Waals surface area (Å²) in [5.74, 6) is -1.45. The van der Waals surface area contributed by atoms with E-state index in [0.717, 1.165) is 18.3 Å². The number of anilines is 1. The first-order valence-corrected chi connectivity index (χ1v) is 7.37. The highest BCUT2D eigenvalue weighted by Crippen LogP contribution is 2.36. The summed E-state index contributed by atoms with van der Waals surface area (Å²) in [5.41, 5.74) is -1.03. The van der Waals surface area contributed by atoms with Gasteiger partial charge in [-0.05, 0) is 37.3 Å². The number of alkyl halides is 3. The van der Waals surface area contributed by atoms with Gasteiger partial charge in [-0.3, -0.25) is 9.20 Å². The third-order valence-electron chi connectivity index (χ3n) is 3.51. The molecule has 0 aliphatic heterocycles. The third-order valence-corrected chi connectivity index (χ3v) is 3.74. The molecule has 3 aromatic rings. The van der Waals surface area contributed by atoms with Crippen molar-refractivity contribution in [2.75, 3.05) is 5.32 Å². The van der Waals surface area contributed by atoms with E-state index in [1.165, 1.54) is 29.5 Å². The number of carbonyl (C=O) groups excluding carboxylic acids is 1. The van der Waals surface area contributed by atoms with Crippen LogP contribution in [0.5, 0.6) is 0 Å². The molecule has 25 heavy (non-hydrogen) atoms. The van der Waals surface area contributed by atoms with Crippen LogP contribution in [0, 0.1) is 12.7 Å². The summed E-state index contributed by atoms with van der Waals surface area (Å²) in [6.45, 7) is 1.51. The summed E-state index contributed by atoms with van der Waals surface area (Å²) in [6.07, 6.45) is -3.66. The van der Waals surface area contributed by atoms with Crippen LogP contribution in [0.3, 0.4) is 0 Å². The molecule has 0 fully saturated rings. The molecule has 0 atom stereocenters. The van der Waals surface area contributed by atoms with E-state index in [2.05, 4.69) is 10.3 Å². The molecule has 1 aromatic carbocycles. The fourth-order valence-electron chi connectivity index (χ4n) is 2.45. The SMILES string of the molecule is Cc1nc2ccc(F)cn2c1C(=O)Nc1ccc(Cl)cc1C(F)(F)F. The number of amides is 1. The molecule has 0 radical (unpaired) electrons. The van der Waals surface area contributed by atoms with Gasteiger partial charge < -0.3 is 5.32 Å². The van der Waals surface area contributed by atoms with Crippen molar-refractivity contribution in [1.29, 1.82) is 0 Å². The van der Waals surface area contributed by atoms with Crippen molar-refractivity contribution in [1.82, 2.24) is 9.38 Å². The maximum atomic E-state index is 13.4. The first kappa shape index (κ1) is 17.2. The number of imidazole rings is 1. The second-order valence-corrected chi connectivity index (χ2v) is 5.70. The molecule has 1 amide bonds. The van der Waals surface area contributed by atoms with Crippen molar-refractivity contribution in [3.8, 4) is 0 Å². The van der Waals surface area contributed by atoms with Crippen LogP contribution in [0.2, 0.25) is 5.02 Å². The summed E-state index contributed by atoms with van der Waals surface area (Å²) >= 11 is 5.61. The molecule has 9 heteroatoms. The van der Waals surface area contributed by atoms with Gasteiger partial charge in [0.25, 0.3) is 5.91 Å². The number of carbonyl (C=O) groups is 1. The van der Waals surface area contributed by atoms with Gasteiger partial charge in [0.2, 0.25) is 0 Å². The lowest BCUT2D eigenvalue weighted by Crippen LogP contribution is -2.19. The fraction of sp³-hybridized carbons (Fsp3) is 0.125. The average Bonchev–Trinajstić information content (AvgIpc) is 2.83. The highest BCUT2D eigenvalue weighted by Gasteiger charge is 2.34. The molecule has 130 valence electrons.